The van der Waals surface area contributed by atoms with Crippen LogP contribution >= 0.6 is 27.5 Å². The molecule has 0 atom stereocenters. The number of carbonyl (C=O) groups excluding carboxylic acids is 1. The summed E-state index contributed by atoms with van der Waals surface area (Å²) in [4.78, 5) is 11.7. The summed E-state index contributed by atoms with van der Waals surface area (Å²) in [5.41, 5.74) is 0.0521. The van der Waals surface area contributed by atoms with E-state index >= 15 is 0 Å². The van der Waals surface area contributed by atoms with Crippen molar-refractivity contribution in [3.05, 3.63) is 27.2 Å². The van der Waals surface area contributed by atoms with Gasteiger partial charge in [0.15, 0.2) is 0 Å². The Kier molecular flexibility index (Phi) is 6.41. The molecule has 0 aromatic heterocycles. The topological polar surface area (TPSA) is 98.5 Å². The number of methoxy groups -OCH3 is 1. The van der Waals surface area contributed by atoms with Crippen LogP contribution in [-0.4, -0.2) is 34.6 Å². The van der Waals surface area contributed by atoms with Gasteiger partial charge < -0.3 is 10.1 Å². The van der Waals surface area contributed by atoms with Crippen molar-refractivity contribution in [2.24, 2.45) is 5.14 Å². The fourth-order valence-corrected chi connectivity index (χ4v) is 3.45. The van der Waals surface area contributed by atoms with Crippen LogP contribution in [-0.2, 0) is 14.8 Å². The van der Waals surface area contributed by atoms with E-state index in [2.05, 4.69) is 21.2 Å². The van der Waals surface area contributed by atoms with Crippen molar-refractivity contribution in [1.82, 2.24) is 5.32 Å². The highest BCUT2D eigenvalue weighted by Gasteiger charge is 2.19. The van der Waals surface area contributed by atoms with Gasteiger partial charge >= 0.3 is 0 Å². The normalized spacial score (nSPS) is 11.4. The van der Waals surface area contributed by atoms with E-state index in [1.807, 2.05) is 0 Å². The Morgan fingerprint density at radius 3 is 2.70 bits per heavy atom. The second-order valence-corrected chi connectivity index (χ2v) is 6.70. The Labute approximate surface area is 130 Å². The van der Waals surface area contributed by atoms with Gasteiger partial charge in [0.05, 0.1) is 15.5 Å². The molecule has 3 N–H and O–H groups in total. The van der Waals surface area contributed by atoms with Crippen molar-refractivity contribution >= 4 is 43.5 Å². The minimum Gasteiger partial charge on any atom is -0.385 e. The summed E-state index contributed by atoms with van der Waals surface area (Å²) in [7, 11) is -2.38. The van der Waals surface area contributed by atoms with Crippen LogP contribution in [0.15, 0.2) is 21.5 Å². The first-order valence-corrected chi connectivity index (χ1v) is 8.28. The van der Waals surface area contributed by atoms with Crippen LogP contribution in [0.2, 0.25) is 5.02 Å². The van der Waals surface area contributed by atoms with Gasteiger partial charge in [-0.25, -0.2) is 13.6 Å². The van der Waals surface area contributed by atoms with Gasteiger partial charge in [-0.3, -0.25) is 4.79 Å². The van der Waals surface area contributed by atoms with Gasteiger partial charge in [0.2, 0.25) is 10.0 Å². The first-order valence-electron chi connectivity index (χ1n) is 5.56. The average molecular weight is 386 g/mol. The molecule has 0 heterocycles. The smallest absolute Gasteiger partial charge is 0.252 e. The third kappa shape index (κ3) is 4.71. The fraction of sp³-hybridized carbons (Fsp3) is 0.364. The molecule has 1 rings (SSSR count). The third-order valence-corrected chi connectivity index (χ3v) is 4.57. The highest BCUT2D eigenvalue weighted by atomic mass is 79.9. The number of nitrogens with two attached hydrogens (primary N) is 1. The summed E-state index contributed by atoms with van der Waals surface area (Å²) in [5.74, 6) is -0.469. The molecule has 1 aromatic rings. The summed E-state index contributed by atoms with van der Waals surface area (Å²) >= 11 is 8.98. The second-order valence-electron chi connectivity index (χ2n) is 3.91. The van der Waals surface area contributed by atoms with Crippen LogP contribution < -0.4 is 10.5 Å². The predicted octanol–water partition coefficient (Wildman–Crippen LogP) is 1.52. The summed E-state index contributed by atoms with van der Waals surface area (Å²) in [6.07, 6.45) is 0.637. The van der Waals surface area contributed by atoms with Gasteiger partial charge in [0, 0.05) is 24.7 Å². The molecule has 0 radical (unpaired) electrons. The fourth-order valence-electron chi connectivity index (χ4n) is 1.43. The standard InChI is InChI=1S/C11H14BrClN2O4S/c1-19-4-2-3-15-11(16)7-5-10(20(14,17)18)8(12)6-9(7)13/h5-6H,2-4H2,1H3,(H,15,16)(H2,14,17,18). The summed E-state index contributed by atoms with van der Waals surface area (Å²) in [6.45, 7) is 0.903. The van der Waals surface area contributed by atoms with Gasteiger partial charge in [-0.2, -0.15) is 0 Å². The van der Waals surface area contributed by atoms with Crippen LogP contribution in [0.3, 0.4) is 0 Å². The molecule has 0 saturated heterocycles. The van der Waals surface area contributed by atoms with Crippen LogP contribution in [0, 0.1) is 0 Å². The van der Waals surface area contributed by atoms with Crippen molar-refractivity contribution in [2.75, 3.05) is 20.3 Å². The number of nitrogens with one attached hydrogen (secondary N) is 1. The van der Waals surface area contributed by atoms with E-state index in [0.717, 1.165) is 6.07 Å². The number of sulfonamides is 1. The number of ether oxygens (including phenoxy) is 1. The monoisotopic (exact) mass is 384 g/mol. The molecular weight excluding hydrogens is 372 g/mol. The maximum absolute atomic E-state index is 11.9. The number of benzene rings is 1. The number of hydrogen-bond acceptors (Lipinski definition) is 4. The largest absolute Gasteiger partial charge is 0.385 e. The molecule has 0 spiro atoms. The highest BCUT2D eigenvalue weighted by molar-refractivity contribution is 9.10. The van der Waals surface area contributed by atoms with Crippen LogP contribution in [0.5, 0.6) is 0 Å². The lowest BCUT2D eigenvalue weighted by atomic mass is 10.2. The molecule has 0 saturated carbocycles. The molecule has 6 nitrogen and oxygen atoms in total. The van der Waals surface area contributed by atoms with Crippen molar-refractivity contribution in [3.63, 3.8) is 0 Å². The van der Waals surface area contributed by atoms with Crippen LogP contribution in [0.4, 0.5) is 0 Å². The Morgan fingerprint density at radius 1 is 1.50 bits per heavy atom. The van der Waals surface area contributed by atoms with Crippen molar-refractivity contribution in [2.45, 2.75) is 11.3 Å². The average Bonchev–Trinajstić information content (AvgIpc) is 2.32. The first kappa shape index (κ1) is 17.4. The number of rotatable bonds is 6. The van der Waals surface area contributed by atoms with Crippen molar-refractivity contribution in [1.29, 1.82) is 0 Å². The quantitative estimate of drug-likeness (QED) is 0.725. The lowest BCUT2D eigenvalue weighted by molar-refractivity contribution is 0.0948. The van der Waals surface area contributed by atoms with Gasteiger partial charge in [-0.1, -0.05) is 11.6 Å². The number of primary sulfonamides is 1. The molecule has 0 unspecified atom stereocenters. The molecule has 0 aliphatic rings. The van der Waals surface area contributed by atoms with E-state index < -0.39 is 15.9 Å². The van der Waals surface area contributed by atoms with E-state index in [9.17, 15) is 13.2 Å². The minimum absolute atomic E-state index is 0.0521. The van der Waals surface area contributed by atoms with E-state index in [1.54, 1.807) is 7.11 Å². The number of hydrogen-bond donors (Lipinski definition) is 2. The Balaban J connectivity index is 2.98. The molecule has 0 fully saturated rings. The molecule has 112 valence electrons. The molecular formula is C11H14BrClN2O4S. The maximum Gasteiger partial charge on any atom is 0.252 e. The third-order valence-electron chi connectivity index (χ3n) is 2.38. The summed E-state index contributed by atoms with van der Waals surface area (Å²) in [5, 5.41) is 7.82. The van der Waals surface area contributed by atoms with Crippen molar-refractivity contribution in [3.8, 4) is 0 Å². The number of amides is 1. The Hall–Kier alpha value is -0.670. The Bertz CT molecular complexity index is 607. The first-order chi connectivity index (χ1) is 9.27. The molecule has 0 aliphatic heterocycles. The Morgan fingerprint density at radius 2 is 2.15 bits per heavy atom. The minimum atomic E-state index is -3.94. The van der Waals surface area contributed by atoms with Gasteiger partial charge in [-0.15, -0.1) is 0 Å². The zero-order valence-corrected chi connectivity index (χ0v) is 13.8. The van der Waals surface area contributed by atoms with Crippen molar-refractivity contribution < 1.29 is 17.9 Å². The molecule has 1 amide bonds. The van der Waals surface area contributed by atoms with Gasteiger partial charge in [0.25, 0.3) is 5.91 Å². The maximum atomic E-state index is 11.9. The van der Waals surface area contributed by atoms with Gasteiger partial charge in [-0.05, 0) is 34.5 Å². The lowest BCUT2D eigenvalue weighted by Crippen LogP contribution is -2.26. The van der Waals surface area contributed by atoms with Crippen LogP contribution in [0.1, 0.15) is 16.8 Å². The summed E-state index contributed by atoms with van der Waals surface area (Å²) < 4.78 is 27.9. The zero-order valence-electron chi connectivity index (χ0n) is 10.7. The number of halogens is 2. The predicted molar refractivity (Wildman–Crippen MR) is 79.4 cm³/mol. The molecule has 0 aliphatic carbocycles. The van der Waals surface area contributed by atoms with Gasteiger partial charge in [0.1, 0.15) is 0 Å². The molecule has 20 heavy (non-hydrogen) atoms. The number of carbonyl (C=O) groups is 1. The van der Waals surface area contributed by atoms with E-state index in [1.165, 1.54) is 6.07 Å². The lowest BCUT2D eigenvalue weighted by Gasteiger charge is -2.09. The second kappa shape index (κ2) is 7.37. The molecule has 1 aromatic carbocycles. The SMILES string of the molecule is COCCCNC(=O)c1cc(S(N)(=O)=O)c(Br)cc1Cl. The zero-order chi connectivity index (χ0) is 15.3. The van der Waals surface area contributed by atoms with E-state index in [4.69, 9.17) is 21.5 Å². The highest BCUT2D eigenvalue weighted by Crippen LogP contribution is 2.28. The van der Waals surface area contributed by atoms with E-state index in [0.29, 0.717) is 19.6 Å². The molecule has 0 bridgehead atoms. The summed E-state index contributed by atoms with van der Waals surface area (Å²) in [6, 6.07) is 2.47. The van der Waals surface area contributed by atoms with E-state index in [-0.39, 0.29) is 20.0 Å². The van der Waals surface area contributed by atoms with Crippen LogP contribution in [0.25, 0.3) is 0 Å². The molecule has 9 heteroatoms.